The van der Waals surface area contributed by atoms with Crippen LogP contribution in [0.2, 0.25) is 0 Å². The largest absolute Gasteiger partial charge is 0.497 e. The van der Waals surface area contributed by atoms with Crippen molar-refractivity contribution in [2.45, 2.75) is 6.54 Å². The van der Waals surface area contributed by atoms with Gasteiger partial charge in [0.15, 0.2) is 5.11 Å². The number of ether oxygens (including phenoxy) is 2. The molecule has 1 amide bonds. The van der Waals surface area contributed by atoms with E-state index in [1.807, 2.05) is 18.3 Å². The minimum Gasteiger partial charge on any atom is -0.497 e. The van der Waals surface area contributed by atoms with Crippen molar-refractivity contribution in [3.8, 4) is 11.5 Å². The number of thiocarbonyl (C=S) groups is 1. The van der Waals surface area contributed by atoms with E-state index in [4.69, 9.17) is 21.7 Å². The normalized spacial score (nSPS) is 10.3. The standard InChI is InChI=1S/C20H19BrN4O3S/c1-27-16-7-8-18(28-2)17(9-16)23-20(29)24-19(26)14-5-3-13(4-6-14)11-25-12-15(21)10-22-25/h3-10,12H,11H2,1-2H3,(H2,23,24,26,29). The molecule has 29 heavy (non-hydrogen) atoms. The van der Waals surface area contributed by atoms with Gasteiger partial charge in [0.2, 0.25) is 0 Å². The molecule has 150 valence electrons. The Bertz CT molecular complexity index is 1020. The van der Waals surface area contributed by atoms with Gasteiger partial charge in [-0.1, -0.05) is 12.1 Å². The van der Waals surface area contributed by atoms with E-state index in [-0.39, 0.29) is 11.0 Å². The van der Waals surface area contributed by atoms with Crippen molar-refractivity contribution in [1.29, 1.82) is 0 Å². The number of methoxy groups -OCH3 is 2. The number of nitrogens with zero attached hydrogens (tertiary/aromatic N) is 2. The van der Waals surface area contributed by atoms with Gasteiger partial charge in [-0.3, -0.25) is 14.8 Å². The zero-order valence-electron chi connectivity index (χ0n) is 15.8. The molecule has 0 bridgehead atoms. The third-order valence-electron chi connectivity index (χ3n) is 4.04. The molecule has 9 heteroatoms. The molecule has 0 saturated carbocycles. The van der Waals surface area contributed by atoms with Gasteiger partial charge >= 0.3 is 0 Å². The predicted molar refractivity (Wildman–Crippen MR) is 119 cm³/mol. The highest BCUT2D eigenvalue weighted by molar-refractivity contribution is 9.10. The molecular formula is C20H19BrN4O3S. The molecule has 3 rings (SSSR count). The predicted octanol–water partition coefficient (Wildman–Crippen LogP) is 3.84. The van der Waals surface area contributed by atoms with Gasteiger partial charge in [0.1, 0.15) is 11.5 Å². The van der Waals surface area contributed by atoms with E-state index in [9.17, 15) is 4.79 Å². The lowest BCUT2D eigenvalue weighted by atomic mass is 10.1. The van der Waals surface area contributed by atoms with Gasteiger partial charge in [-0.05, 0) is 58.0 Å². The van der Waals surface area contributed by atoms with Crippen LogP contribution in [0.3, 0.4) is 0 Å². The average Bonchev–Trinajstić information content (AvgIpc) is 3.12. The summed E-state index contributed by atoms with van der Waals surface area (Å²) in [6.07, 6.45) is 3.62. The summed E-state index contributed by atoms with van der Waals surface area (Å²) in [7, 11) is 3.12. The number of carbonyl (C=O) groups excluding carboxylic acids is 1. The van der Waals surface area contributed by atoms with Gasteiger partial charge in [-0.2, -0.15) is 5.10 Å². The molecule has 0 fully saturated rings. The zero-order valence-corrected chi connectivity index (χ0v) is 18.2. The first-order valence-corrected chi connectivity index (χ1v) is 9.80. The Balaban J connectivity index is 1.61. The topological polar surface area (TPSA) is 77.4 Å². The van der Waals surface area contributed by atoms with E-state index in [2.05, 4.69) is 31.7 Å². The van der Waals surface area contributed by atoms with Crippen molar-refractivity contribution in [3.63, 3.8) is 0 Å². The smallest absolute Gasteiger partial charge is 0.257 e. The monoisotopic (exact) mass is 474 g/mol. The summed E-state index contributed by atoms with van der Waals surface area (Å²) >= 11 is 8.63. The molecule has 1 heterocycles. The van der Waals surface area contributed by atoms with Gasteiger partial charge in [0.05, 0.1) is 37.1 Å². The van der Waals surface area contributed by atoms with Crippen LogP contribution in [-0.2, 0) is 6.54 Å². The molecule has 0 spiro atoms. The van der Waals surface area contributed by atoms with E-state index in [1.165, 1.54) is 0 Å². The quantitative estimate of drug-likeness (QED) is 0.528. The molecule has 0 aliphatic rings. The highest BCUT2D eigenvalue weighted by Gasteiger charge is 2.11. The number of anilines is 1. The summed E-state index contributed by atoms with van der Waals surface area (Å²) in [6, 6.07) is 12.5. The number of aromatic nitrogens is 2. The van der Waals surface area contributed by atoms with Gasteiger partial charge in [0, 0.05) is 17.8 Å². The Labute approximate surface area is 182 Å². The summed E-state index contributed by atoms with van der Waals surface area (Å²) in [5, 5.41) is 10.0. The SMILES string of the molecule is COc1ccc(OC)c(NC(=S)NC(=O)c2ccc(Cn3cc(Br)cn3)cc2)c1. The number of carbonyl (C=O) groups is 1. The van der Waals surface area contributed by atoms with Crippen LogP contribution >= 0.6 is 28.1 Å². The van der Waals surface area contributed by atoms with E-state index in [1.54, 1.807) is 55.4 Å². The third-order valence-corrected chi connectivity index (χ3v) is 4.66. The fourth-order valence-corrected chi connectivity index (χ4v) is 3.14. The molecule has 2 aromatic carbocycles. The van der Waals surface area contributed by atoms with Crippen LogP contribution in [0.15, 0.2) is 59.3 Å². The van der Waals surface area contributed by atoms with E-state index in [0.717, 1.165) is 10.0 Å². The maximum atomic E-state index is 12.5. The van der Waals surface area contributed by atoms with Gasteiger partial charge in [0.25, 0.3) is 5.91 Å². The summed E-state index contributed by atoms with van der Waals surface area (Å²) < 4.78 is 13.2. The van der Waals surface area contributed by atoms with E-state index in [0.29, 0.717) is 29.3 Å². The number of benzene rings is 2. The van der Waals surface area contributed by atoms with Crippen molar-refractivity contribution in [2.75, 3.05) is 19.5 Å². The number of hydrogen-bond donors (Lipinski definition) is 2. The second-order valence-corrected chi connectivity index (χ2v) is 7.35. The van der Waals surface area contributed by atoms with Crippen LogP contribution in [0.5, 0.6) is 11.5 Å². The maximum absolute atomic E-state index is 12.5. The first-order valence-electron chi connectivity index (χ1n) is 8.59. The summed E-state index contributed by atoms with van der Waals surface area (Å²) in [5.41, 5.74) is 2.12. The first-order chi connectivity index (χ1) is 14.0. The Morgan fingerprint density at radius 3 is 2.55 bits per heavy atom. The third kappa shape index (κ3) is 5.55. The van der Waals surface area contributed by atoms with E-state index < -0.39 is 0 Å². The molecule has 3 aromatic rings. The molecule has 0 saturated heterocycles. The van der Waals surface area contributed by atoms with Crippen LogP contribution in [0, 0.1) is 0 Å². The Kier molecular flexibility index (Phi) is 6.84. The van der Waals surface area contributed by atoms with Crippen molar-refractivity contribution in [2.24, 2.45) is 0 Å². The summed E-state index contributed by atoms with van der Waals surface area (Å²) in [5.74, 6) is 0.914. The minimum absolute atomic E-state index is 0.159. The zero-order chi connectivity index (χ0) is 20.8. The van der Waals surface area contributed by atoms with Crippen LogP contribution in [0.1, 0.15) is 15.9 Å². The Morgan fingerprint density at radius 1 is 1.17 bits per heavy atom. The van der Waals surface area contributed by atoms with Crippen LogP contribution < -0.4 is 20.1 Å². The number of nitrogens with one attached hydrogen (secondary N) is 2. The van der Waals surface area contributed by atoms with Crippen LogP contribution in [-0.4, -0.2) is 35.0 Å². The Hall–Kier alpha value is -2.91. The lowest BCUT2D eigenvalue weighted by molar-refractivity contribution is 0.0977. The molecule has 2 N–H and O–H groups in total. The highest BCUT2D eigenvalue weighted by atomic mass is 79.9. The maximum Gasteiger partial charge on any atom is 0.257 e. The first kappa shape index (κ1) is 20.8. The second kappa shape index (κ2) is 9.53. The van der Waals surface area contributed by atoms with Crippen LogP contribution in [0.4, 0.5) is 5.69 Å². The van der Waals surface area contributed by atoms with Crippen molar-refractivity contribution in [1.82, 2.24) is 15.1 Å². The fourth-order valence-electron chi connectivity index (χ4n) is 2.61. The minimum atomic E-state index is -0.308. The molecule has 1 aromatic heterocycles. The van der Waals surface area contributed by atoms with Crippen molar-refractivity contribution in [3.05, 3.63) is 70.5 Å². The number of halogens is 1. The number of hydrogen-bond acceptors (Lipinski definition) is 5. The van der Waals surface area contributed by atoms with Gasteiger partial charge < -0.3 is 14.8 Å². The lowest BCUT2D eigenvalue weighted by Gasteiger charge is -2.14. The van der Waals surface area contributed by atoms with E-state index >= 15 is 0 Å². The summed E-state index contributed by atoms with van der Waals surface area (Å²) in [4.78, 5) is 12.5. The number of rotatable bonds is 6. The molecule has 0 radical (unpaired) electrons. The average molecular weight is 475 g/mol. The molecule has 7 nitrogen and oxygen atoms in total. The van der Waals surface area contributed by atoms with Crippen molar-refractivity contribution < 1.29 is 14.3 Å². The molecule has 0 unspecified atom stereocenters. The van der Waals surface area contributed by atoms with Crippen molar-refractivity contribution >= 4 is 44.9 Å². The number of amides is 1. The van der Waals surface area contributed by atoms with Gasteiger partial charge in [-0.15, -0.1) is 0 Å². The van der Waals surface area contributed by atoms with Crippen LogP contribution in [0.25, 0.3) is 0 Å². The molecule has 0 aliphatic heterocycles. The Morgan fingerprint density at radius 2 is 1.93 bits per heavy atom. The second-order valence-electron chi connectivity index (χ2n) is 6.03. The van der Waals surface area contributed by atoms with Gasteiger partial charge in [-0.25, -0.2) is 0 Å². The fraction of sp³-hybridized carbons (Fsp3) is 0.150. The lowest BCUT2D eigenvalue weighted by Crippen LogP contribution is -2.34. The molecule has 0 atom stereocenters. The molecular weight excluding hydrogens is 456 g/mol. The highest BCUT2D eigenvalue weighted by Crippen LogP contribution is 2.28. The molecule has 0 aliphatic carbocycles. The summed E-state index contributed by atoms with van der Waals surface area (Å²) in [6.45, 7) is 0.614.